The van der Waals surface area contributed by atoms with Crippen LogP contribution in [0.3, 0.4) is 0 Å². The molecule has 1 heterocycles. The molecule has 0 fully saturated rings. The lowest BCUT2D eigenvalue weighted by atomic mass is 10.1. The molecule has 60 valence electrons. The molecular formula is C9H12ClN. The van der Waals surface area contributed by atoms with E-state index >= 15 is 0 Å². The summed E-state index contributed by atoms with van der Waals surface area (Å²) in [6.45, 7) is 2.16. The van der Waals surface area contributed by atoms with Gasteiger partial charge in [-0.3, -0.25) is 4.98 Å². The average Bonchev–Trinajstić information content (AvgIpc) is 2.06. The molecule has 0 N–H and O–H groups in total. The molecule has 1 nitrogen and oxygen atoms in total. The van der Waals surface area contributed by atoms with Crippen LogP contribution in [-0.4, -0.2) is 4.98 Å². The summed E-state index contributed by atoms with van der Waals surface area (Å²) in [5.41, 5.74) is 2.39. The van der Waals surface area contributed by atoms with Crippen LogP contribution in [0.25, 0.3) is 0 Å². The minimum Gasteiger partial charge on any atom is -0.264 e. The van der Waals surface area contributed by atoms with Gasteiger partial charge in [0.2, 0.25) is 0 Å². The summed E-state index contributed by atoms with van der Waals surface area (Å²) in [4.78, 5) is 4.09. The number of pyridine rings is 1. The molecule has 1 aromatic heterocycles. The molecular weight excluding hydrogens is 158 g/mol. The van der Waals surface area contributed by atoms with Crippen LogP contribution in [0.5, 0.6) is 0 Å². The van der Waals surface area contributed by atoms with E-state index in [0.717, 1.165) is 18.4 Å². The minimum absolute atomic E-state index is 0.560. The van der Waals surface area contributed by atoms with E-state index < -0.39 is 0 Å². The number of aromatic nitrogens is 1. The molecule has 0 aliphatic carbocycles. The third kappa shape index (κ3) is 2.51. The molecule has 0 aliphatic heterocycles. The van der Waals surface area contributed by atoms with Crippen molar-refractivity contribution >= 4 is 11.6 Å². The van der Waals surface area contributed by atoms with Crippen molar-refractivity contribution in [2.45, 2.75) is 25.6 Å². The molecule has 0 bridgehead atoms. The molecule has 0 amide bonds. The second-order valence-corrected chi connectivity index (χ2v) is 2.85. The second-order valence-electron chi connectivity index (χ2n) is 2.59. The van der Waals surface area contributed by atoms with Crippen molar-refractivity contribution in [2.75, 3.05) is 0 Å². The predicted octanol–water partition coefficient (Wildman–Crippen LogP) is 2.77. The Kier molecular flexibility index (Phi) is 3.37. The second kappa shape index (κ2) is 4.35. The van der Waals surface area contributed by atoms with Crippen molar-refractivity contribution in [1.29, 1.82) is 0 Å². The number of nitrogens with zero attached hydrogens (tertiary/aromatic N) is 1. The van der Waals surface area contributed by atoms with Crippen LogP contribution >= 0.6 is 11.6 Å². The summed E-state index contributed by atoms with van der Waals surface area (Å²) < 4.78 is 0. The molecule has 1 rings (SSSR count). The van der Waals surface area contributed by atoms with E-state index in [-0.39, 0.29) is 0 Å². The first-order chi connectivity index (χ1) is 5.36. The standard InChI is InChI=1S/C9H12ClN/c1-2-3-8-4-9(5-10)7-11-6-8/h4,6-7H,2-3,5H2,1H3. The van der Waals surface area contributed by atoms with Gasteiger partial charge in [0, 0.05) is 18.3 Å². The van der Waals surface area contributed by atoms with Gasteiger partial charge in [-0.05, 0) is 17.5 Å². The van der Waals surface area contributed by atoms with E-state index in [1.165, 1.54) is 5.56 Å². The molecule has 0 atom stereocenters. The van der Waals surface area contributed by atoms with Crippen LogP contribution in [0.2, 0.25) is 0 Å². The fourth-order valence-corrected chi connectivity index (χ4v) is 1.19. The zero-order valence-corrected chi connectivity index (χ0v) is 7.43. The molecule has 11 heavy (non-hydrogen) atoms. The number of hydrogen-bond donors (Lipinski definition) is 0. The monoisotopic (exact) mass is 169 g/mol. The van der Waals surface area contributed by atoms with E-state index in [0.29, 0.717) is 5.88 Å². The number of aryl methyl sites for hydroxylation is 1. The zero-order valence-electron chi connectivity index (χ0n) is 6.68. The van der Waals surface area contributed by atoms with Crippen molar-refractivity contribution in [3.8, 4) is 0 Å². The minimum atomic E-state index is 0.560. The van der Waals surface area contributed by atoms with E-state index in [2.05, 4.69) is 18.0 Å². The van der Waals surface area contributed by atoms with Crippen LogP contribution < -0.4 is 0 Å². The first-order valence-corrected chi connectivity index (χ1v) is 4.39. The van der Waals surface area contributed by atoms with Crippen LogP contribution in [0.4, 0.5) is 0 Å². The van der Waals surface area contributed by atoms with Crippen molar-refractivity contribution < 1.29 is 0 Å². The van der Waals surface area contributed by atoms with Gasteiger partial charge in [0.05, 0.1) is 0 Å². The van der Waals surface area contributed by atoms with Gasteiger partial charge >= 0.3 is 0 Å². The third-order valence-electron chi connectivity index (χ3n) is 1.54. The van der Waals surface area contributed by atoms with Crippen molar-refractivity contribution in [3.05, 3.63) is 29.6 Å². The van der Waals surface area contributed by atoms with E-state index in [1.807, 2.05) is 12.4 Å². The van der Waals surface area contributed by atoms with Gasteiger partial charge in [-0.2, -0.15) is 0 Å². The highest BCUT2D eigenvalue weighted by Gasteiger charge is 1.93. The van der Waals surface area contributed by atoms with Gasteiger partial charge in [-0.25, -0.2) is 0 Å². The Hall–Kier alpha value is -0.560. The molecule has 1 aromatic rings. The molecule has 0 saturated heterocycles. The highest BCUT2D eigenvalue weighted by atomic mass is 35.5. The summed E-state index contributed by atoms with van der Waals surface area (Å²) in [6.07, 6.45) is 5.97. The number of rotatable bonds is 3. The average molecular weight is 170 g/mol. The SMILES string of the molecule is CCCc1cncc(CCl)c1. The van der Waals surface area contributed by atoms with Crippen molar-refractivity contribution in [3.63, 3.8) is 0 Å². The smallest absolute Gasteiger partial charge is 0.0489 e. The molecule has 0 aliphatic rings. The molecule has 0 saturated carbocycles. The summed E-state index contributed by atoms with van der Waals surface area (Å²) in [5.74, 6) is 0.560. The summed E-state index contributed by atoms with van der Waals surface area (Å²) in [7, 11) is 0. The Morgan fingerprint density at radius 3 is 2.73 bits per heavy atom. The van der Waals surface area contributed by atoms with E-state index in [9.17, 15) is 0 Å². The van der Waals surface area contributed by atoms with Crippen molar-refractivity contribution in [2.24, 2.45) is 0 Å². The Morgan fingerprint density at radius 1 is 1.36 bits per heavy atom. The van der Waals surface area contributed by atoms with Gasteiger partial charge in [0.1, 0.15) is 0 Å². The summed E-state index contributed by atoms with van der Waals surface area (Å²) in [5, 5.41) is 0. The fraction of sp³-hybridized carbons (Fsp3) is 0.444. The van der Waals surface area contributed by atoms with Gasteiger partial charge < -0.3 is 0 Å². The highest BCUT2D eigenvalue weighted by Crippen LogP contribution is 2.06. The predicted molar refractivity (Wildman–Crippen MR) is 47.8 cm³/mol. The van der Waals surface area contributed by atoms with E-state index in [1.54, 1.807) is 0 Å². The molecule has 0 radical (unpaired) electrons. The Bertz CT molecular complexity index is 223. The van der Waals surface area contributed by atoms with Crippen molar-refractivity contribution in [1.82, 2.24) is 4.98 Å². The van der Waals surface area contributed by atoms with Gasteiger partial charge in [-0.1, -0.05) is 19.4 Å². The van der Waals surface area contributed by atoms with Gasteiger partial charge in [0.15, 0.2) is 0 Å². The maximum atomic E-state index is 5.66. The first kappa shape index (κ1) is 8.54. The molecule has 0 aromatic carbocycles. The number of halogens is 1. The number of alkyl halides is 1. The lowest BCUT2D eigenvalue weighted by Crippen LogP contribution is -1.87. The van der Waals surface area contributed by atoms with Crippen LogP contribution in [0, 0.1) is 0 Å². The Morgan fingerprint density at radius 2 is 2.09 bits per heavy atom. The molecule has 2 heteroatoms. The largest absolute Gasteiger partial charge is 0.264 e. The summed E-state index contributed by atoms with van der Waals surface area (Å²) >= 11 is 5.66. The highest BCUT2D eigenvalue weighted by molar-refractivity contribution is 6.17. The molecule has 0 unspecified atom stereocenters. The number of hydrogen-bond acceptors (Lipinski definition) is 1. The maximum absolute atomic E-state index is 5.66. The lowest BCUT2D eigenvalue weighted by molar-refractivity contribution is 0.910. The zero-order chi connectivity index (χ0) is 8.10. The fourth-order valence-electron chi connectivity index (χ4n) is 1.04. The Labute approximate surface area is 72.4 Å². The van der Waals surface area contributed by atoms with Crippen LogP contribution in [0.1, 0.15) is 24.5 Å². The van der Waals surface area contributed by atoms with E-state index in [4.69, 9.17) is 11.6 Å². The van der Waals surface area contributed by atoms with Gasteiger partial charge in [-0.15, -0.1) is 11.6 Å². The normalized spacial score (nSPS) is 10.0. The topological polar surface area (TPSA) is 12.9 Å². The lowest BCUT2D eigenvalue weighted by Gasteiger charge is -1.99. The van der Waals surface area contributed by atoms with Crippen LogP contribution in [0.15, 0.2) is 18.5 Å². The third-order valence-corrected chi connectivity index (χ3v) is 1.85. The Balaban J connectivity index is 2.74. The van der Waals surface area contributed by atoms with Crippen LogP contribution in [-0.2, 0) is 12.3 Å². The molecule has 0 spiro atoms. The quantitative estimate of drug-likeness (QED) is 0.635. The van der Waals surface area contributed by atoms with Gasteiger partial charge in [0.25, 0.3) is 0 Å². The first-order valence-electron chi connectivity index (χ1n) is 3.85. The summed E-state index contributed by atoms with van der Waals surface area (Å²) in [6, 6.07) is 2.11. The maximum Gasteiger partial charge on any atom is 0.0489 e.